The molecule has 21 heavy (non-hydrogen) atoms. The van der Waals surface area contributed by atoms with Gasteiger partial charge in [0.15, 0.2) is 0 Å². The van der Waals surface area contributed by atoms with Gasteiger partial charge in [-0.3, -0.25) is 9.78 Å². The molecule has 0 aliphatic heterocycles. The number of aromatic nitrogens is 2. The van der Waals surface area contributed by atoms with Crippen LogP contribution >= 0.6 is 50.1 Å². The van der Waals surface area contributed by atoms with Crippen molar-refractivity contribution >= 4 is 56.0 Å². The van der Waals surface area contributed by atoms with Crippen molar-refractivity contribution in [3.63, 3.8) is 0 Å². The molecule has 2 rings (SSSR count). The molecule has 0 aliphatic rings. The number of rotatable bonds is 3. The van der Waals surface area contributed by atoms with Crippen molar-refractivity contribution in [3.05, 3.63) is 54.3 Å². The lowest BCUT2D eigenvalue weighted by molar-refractivity contribution is 0.0994. The van der Waals surface area contributed by atoms with E-state index in [-0.39, 0.29) is 11.5 Å². The Morgan fingerprint density at radius 3 is 2.71 bits per heavy atom. The van der Waals surface area contributed by atoms with Crippen LogP contribution in [0.15, 0.2) is 22.9 Å². The minimum Gasteiger partial charge on any atom is -0.365 e. The van der Waals surface area contributed by atoms with Gasteiger partial charge in [0, 0.05) is 26.4 Å². The zero-order valence-corrected chi connectivity index (χ0v) is 15.2. The lowest BCUT2D eigenvalue weighted by Crippen LogP contribution is -2.18. The molecule has 110 valence electrons. The minimum absolute atomic E-state index is 0.215. The summed E-state index contributed by atoms with van der Waals surface area (Å²) in [5.74, 6) is -1.99. The van der Waals surface area contributed by atoms with Crippen LogP contribution in [0, 0.1) is 9.52 Å². The first-order valence-electron chi connectivity index (χ1n) is 5.77. The number of halogens is 4. The number of pyridine rings is 2. The van der Waals surface area contributed by atoms with E-state index in [1.54, 1.807) is 12.3 Å². The summed E-state index contributed by atoms with van der Waals surface area (Å²) in [5, 5.41) is 0.470. The van der Waals surface area contributed by atoms with Crippen molar-refractivity contribution in [1.29, 1.82) is 0 Å². The first-order valence-corrected chi connectivity index (χ1v) is 8.02. The second-order valence-corrected chi connectivity index (χ2v) is 6.70. The van der Waals surface area contributed by atoms with Gasteiger partial charge in [-0.25, -0.2) is 4.98 Å². The average Bonchev–Trinajstić information content (AvgIpc) is 2.37. The Bertz CT molecular complexity index is 729. The maximum atomic E-state index is 13.6. The Morgan fingerprint density at radius 2 is 2.14 bits per heavy atom. The molecule has 1 amide bonds. The molecular weight excluding hydrogens is 475 g/mol. The topological polar surface area (TPSA) is 68.9 Å². The van der Waals surface area contributed by atoms with Gasteiger partial charge in [0.05, 0.1) is 10.7 Å². The summed E-state index contributed by atoms with van der Waals surface area (Å²) in [6.07, 6.45) is 2.99. The Balaban J connectivity index is 2.56. The van der Waals surface area contributed by atoms with Gasteiger partial charge in [-0.2, -0.15) is 4.39 Å². The molecule has 0 radical (unpaired) electrons. The maximum Gasteiger partial charge on any atom is 0.254 e. The monoisotopic (exact) mass is 483 g/mol. The molecule has 0 fully saturated rings. The standard InChI is InChI=1S/C13H9BrClFIN3O/c1-5(11-8(15)2-6(14)3-19-11)7-4-20-12(16)9(10(7)17)13(18)21/h2-5H,1H3,(H2,18,21)/t5-/m1/s1. The van der Waals surface area contributed by atoms with Crippen molar-refractivity contribution in [3.8, 4) is 0 Å². The van der Waals surface area contributed by atoms with Gasteiger partial charge in [0.1, 0.15) is 5.56 Å². The third-order valence-electron chi connectivity index (χ3n) is 2.96. The summed E-state index contributed by atoms with van der Waals surface area (Å²) in [6.45, 7) is 1.85. The van der Waals surface area contributed by atoms with Crippen LogP contribution in [0.4, 0.5) is 4.39 Å². The van der Waals surface area contributed by atoms with E-state index in [2.05, 4.69) is 25.9 Å². The van der Waals surface area contributed by atoms with Gasteiger partial charge in [-0.1, -0.05) is 18.5 Å². The zero-order valence-electron chi connectivity index (χ0n) is 10.7. The molecule has 2 aromatic rings. The van der Waals surface area contributed by atoms with Crippen molar-refractivity contribution in [2.24, 2.45) is 5.73 Å². The van der Waals surface area contributed by atoms with E-state index in [0.29, 0.717) is 19.9 Å². The number of primary amides is 1. The minimum atomic E-state index is -0.877. The van der Waals surface area contributed by atoms with Crippen LogP contribution in [0.5, 0.6) is 0 Å². The van der Waals surface area contributed by atoms with E-state index >= 15 is 0 Å². The van der Waals surface area contributed by atoms with E-state index in [9.17, 15) is 9.18 Å². The van der Waals surface area contributed by atoms with E-state index in [4.69, 9.17) is 17.3 Å². The summed E-state index contributed by atoms with van der Waals surface area (Å²) in [4.78, 5) is 19.2. The average molecular weight is 484 g/mol. The Labute approximate surface area is 147 Å². The SMILES string of the molecule is C[C@H](c1cnc(F)c(C(N)=O)c1I)c1ncc(Br)cc1Cl. The van der Waals surface area contributed by atoms with Gasteiger partial charge in [0.2, 0.25) is 5.95 Å². The van der Waals surface area contributed by atoms with Gasteiger partial charge in [-0.05, 0) is 50.2 Å². The van der Waals surface area contributed by atoms with Crippen molar-refractivity contribution in [2.45, 2.75) is 12.8 Å². The number of carbonyl (C=O) groups is 1. The summed E-state index contributed by atoms with van der Waals surface area (Å²) in [6, 6.07) is 1.72. The predicted molar refractivity (Wildman–Crippen MR) is 89.9 cm³/mol. The van der Waals surface area contributed by atoms with Crippen LogP contribution in [-0.2, 0) is 0 Å². The third-order valence-corrected chi connectivity index (χ3v) is 4.85. The van der Waals surface area contributed by atoms with Crippen LogP contribution in [0.3, 0.4) is 0 Å². The third kappa shape index (κ3) is 3.35. The largest absolute Gasteiger partial charge is 0.365 e. The van der Waals surface area contributed by atoms with Crippen LogP contribution in [0.2, 0.25) is 5.02 Å². The lowest BCUT2D eigenvalue weighted by atomic mass is 9.97. The van der Waals surface area contributed by atoms with Crippen molar-refractivity contribution < 1.29 is 9.18 Å². The fourth-order valence-corrected chi connectivity index (χ4v) is 3.77. The smallest absolute Gasteiger partial charge is 0.254 e. The fourth-order valence-electron chi connectivity index (χ4n) is 1.89. The molecule has 0 saturated carbocycles. The number of nitrogens with two attached hydrogens (primary N) is 1. The molecule has 0 saturated heterocycles. The molecule has 8 heteroatoms. The second-order valence-electron chi connectivity index (χ2n) is 4.30. The van der Waals surface area contributed by atoms with Crippen molar-refractivity contribution in [1.82, 2.24) is 9.97 Å². The fraction of sp³-hybridized carbons (Fsp3) is 0.154. The molecule has 0 aromatic carbocycles. The number of nitrogens with zero attached hydrogens (tertiary/aromatic N) is 2. The predicted octanol–water partition coefficient (Wildman–Crippen LogP) is 3.89. The Morgan fingerprint density at radius 1 is 1.48 bits per heavy atom. The first-order chi connectivity index (χ1) is 9.82. The summed E-state index contributed by atoms with van der Waals surface area (Å²) in [5.41, 5.74) is 6.24. The molecule has 0 spiro atoms. The van der Waals surface area contributed by atoms with Crippen molar-refractivity contribution in [2.75, 3.05) is 0 Å². The van der Waals surface area contributed by atoms with E-state index < -0.39 is 11.9 Å². The number of hydrogen-bond donors (Lipinski definition) is 1. The van der Waals surface area contributed by atoms with Crippen LogP contribution in [-0.4, -0.2) is 15.9 Å². The van der Waals surface area contributed by atoms with Crippen LogP contribution in [0.25, 0.3) is 0 Å². The highest BCUT2D eigenvalue weighted by molar-refractivity contribution is 14.1. The van der Waals surface area contributed by atoms with Gasteiger partial charge in [-0.15, -0.1) is 0 Å². The quantitative estimate of drug-likeness (QED) is 0.531. The summed E-state index contributed by atoms with van der Waals surface area (Å²) >= 11 is 11.3. The molecule has 2 heterocycles. The number of carbonyl (C=O) groups excluding carboxylic acids is 1. The molecule has 0 aliphatic carbocycles. The maximum absolute atomic E-state index is 13.6. The van der Waals surface area contributed by atoms with E-state index in [0.717, 1.165) is 4.47 Å². The van der Waals surface area contributed by atoms with Gasteiger partial charge in [0.25, 0.3) is 5.91 Å². The molecule has 0 unspecified atom stereocenters. The zero-order chi connectivity index (χ0) is 15.7. The van der Waals surface area contributed by atoms with E-state index in [1.165, 1.54) is 6.20 Å². The molecule has 2 aromatic heterocycles. The highest BCUT2D eigenvalue weighted by Gasteiger charge is 2.23. The first kappa shape index (κ1) is 16.6. The molecule has 0 bridgehead atoms. The summed E-state index contributed by atoms with van der Waals surface area (Å²) < 4.78 is 14.8. The van der Waals surface area contributed by atoms with E-state index in [1.807, 2.05) is 29.5 Å². The second kappa shape index (κ2) is 6.53. The molecule has 1 atom stereocenters. The number of amides is 1. The lowest BCUT2D eigenvalue weighted by Gasteiger charge is -2.16. The molecular formula is C13H9BrClFIN3O. The van der Waals surface area contributed by atoms with Crippen LogP contribution < -0.4 is 5.73 Å². The molecule has 2 N–H and O–H groups in total. The Hall–Kier alpha value is -0.800. The number of hydrogen-bond acceptors (Lipinski definition) is 3. The van der Waals surface area contributed by atoms with Gasteiger partial charge < -0.3 is 5.73 Å². The molecule has 4 nitrogen and oxygen atoms in total. The highest BCUT2D eigenvalue weighted by Crippen LogP contribution is 2.33. The highest BCUT2D eigenvalue weighted by atomic mass is 127. The normalized spacial score (nSPS) is 12.2. The Kier molecular flexibility index (Phi) is 5.15. The van der Waals surface area contributed by atoms with Crippen LogP contribution in [0.1, 0.15) is 34.5 Å². The summed E-state index contributed by atoms with van der Waals surface area (Å²) in [7, 11) is 0. The van der Waals surface area contributed by atoms with Gasteiger partial charge >= 0.3 is 0 Å².